The maximum atomic E-state index is 13.8. The summed E-state index contributed by atoms with van der Waals surface area (Å²) in [5.74, 6) is -0.727. The third-order valence-electron chi connectivity index (χ3n) is 3.91. The molecule has 27 heavy (non-hydrogen) atoms. The fraction of sp³-hybridized carbons (Fsp3) is 0.250. The Labute approximate surface area is 151 Å². The van der Waals surface area contributed by atoms with E-state index in [-0.39, 0.29) is 9.82 Å². The zero-order valence-electron chi connectivity index (χ0n) is 13.9. The Morgan fingerprint density at radius 2 is 1.85 bits per heavy atom. The number of H-pyrrole nitrogens is 1. The van der Waals surface area contributed by atoms with Crippen LogP contribution >= 0.6 is 0 Å². The molecule has 3 aromatic rings. The van der Waals surface area contributed by atoms with Crippen molar-refractivity contribution in [3.05, 3.63) is 54.1 Å². The van der Waals surface area contributed by atoms with Gasteiger partial charge in [-0.15, -0.1) is 0 Å². The summed E-state index contributed by atoms with van der Waals surface area (Å²) in [6.45, 7) is 0.804. The number of sulfonamides is 1. The van der Waals surface area contributed by atoms with Gasteiger partial charge in [0.25, 0.3) is 10.0 Å². The fourth-order valence-electron chi connectivity index (χ4n) is 2.71. The average molecular weight is 402 g/mol. The van der Waals surface area contributed by atoms with Crippen molar-refractivity contribution in [1.29, 1.82) is 0 Å². The molecule has 0 aliphatic rings. The highest BCUT2D eigenvalue weighted by molar-refractivity contribution is 7.89. The van der Waals surface area contributed by atoms with Crippen LogP contribution in [0, 0.1) is 5.82 Å². The second-order valence-corrected chi connectivity index (χ2v) is 7.46. The van der Waals surface area contributed by atoms with E-state index in [2.05, 4.69) is 15.0 Å². The Bertz CT molecular complexity index is 1050. The van der Waals surface area contributed by atoms with E-state index in [9.17, 15) is 26.0 Å². The van der Waals surface area contributed by atoms with E-state index in [1.165, 1.54) is 19.2 Å². The molecule has 0 saturated carbocycles. The first kappa shape index (κ1) is 19.2. The number of rotatable bonds is 5. The van der Waals surface area contributed by atoms with Gasteiger partial charge in [0.05, 0.1) is 6.20 Å². The van der Waals surface area contributed by atoms with E-state index < -0.39 is 45.2 Å². The summed E-state index contributed by atoms with van der Waals surface area (Å²) >= 11 is 0. The lowest BCUT2D eigenvalue weighted by Crippen LogP contribution is -2.42. The van der Waals surface area contributed by atoms with Crippen LogP contribution in [0.4, 0.5) is 17.6 Å². The van der Waals surface area contributed by atoms with Crippen molar-refractivity contribution in [2.24, 2.45) is 0 Å². The maximum Gasteiger partial charge on any atom is 0.409 e. The molecule has 0 saturated heterocycles. The van der Waals surface area contributed by atoms with Crippen LogP contribution in [0.3, 0.4) is 0 Å². The van der Waals surface area contributed by atoms with E-state index in [4.69, 9.17) is 0 Å². The molecule has 6 nitrogen and oxygen atoms in total. The van der Waals surface area contributed by atoms with Gasteiger partial charge in [-0.2, -0.15) is 17.5 Å². The van der Waals surface area contributed by atoms with Crippen LogP contribution in [0.1, 0.15) is 18.5 Å². The summed E-state index contributed by atoms with van der Waals surface area (Å²) in [5.41, 5.74) is 0.116. The molecule has 1 atom stereocenters. The van der Waals surface area contributed by atoms with Gasteiger partial charge in [0.15, 0.2) is 10.7 Å². The predicted octanol–water partition coefficient (Wildman–Crippen LogP) is 3.41. The molecule has 2 heterocycles. The molecular formula is C16H14F4N4O2S. The number of benzene rings is 1. The largest absolute Gasteiger partial charge is 0.409 e. The summed E-state index contributed by atoms with van der Waals surface area (Å²) in [7, 11) is -4.63. The zero-order valence-corrected chi connectivity index (χ0v) is 14.7. The molecular weight excluding hydrogens is 388 g/mol. The van der Waals surface area contributed by atoms with Gasteiger partial charge < -0.3 is 4.98 Å². The Morgan fingerprint density at radius 3 is 2.44 bits per heavy atom. The fourth-order valence-corrected chi connectivity index (χ4v) is 4.21. The predicted molar refractivity (Wildman–Crippen MR) is 88.7 cm³/mol. The number of aromatic amines is 1. The van der Waals surface area contributed by atoms with Crippen LogP contribution in [0.2, 0.25) is 0 Å². The summed E-state index contributed by atoms with van der Waals surface area (Å²) in [6, 6.07) is 2.48. The molecule has 1 aromatic carbocycles. The standard InChI is InChI=1S/C16H14F4N4O2S/c1-2-24(14(16(18,19)20)10-3-5-11(17)6-4-10)27(25,26)13-9-22-15-12(23-13)7-8-21-15/h3-9,14H,2H2,1H3,(H,21,22)/t14-/m1/s1. The number of aromatic nitrogens is 3. The molecule has 0 unspecified atom stereocenters. The van der Waals surface area contributed by atoms with Crippen molar-refractivity contribution in [1.82, 2.24) is 19.3 Å². The van der Waals surface area contributed by atoms with Gasteiger partial charge in [0, 0.05) is 12.7 Å². The minimum absolute atomic E-state index is 0.206. The van der Waals surface area contributed by atoms with Gasteiger partial charge in [-0.1, -0.05) is 19.1 Å². The first-order valence-corrected chi connectivity index (χ1v) is 9.22. The lowest BCUT2D eigenvalue weighted by atomic mass is 10.1. The second kappa shape index (κ2) is 6.89. The van der Waals surface area contributed by atoms with Crippen molar-refractivity contribution >= 4 is 21.2 Å². The number of hydrogen-bond donors (Lipinski definition) is 1. The number of hydrogen-bond acceptors (Lipinski definition) is 4. The van der Waals surface area contributed by atoms with E-state index >= 15 is 0 Å². The Hall–Kier alpha value is -2.53. The van der Waals surface area contributed by atoms with Crippen LogP contribution < -0.4 is 0 Å². The summed E-state index contributed by atoms with van der Waals surface area (Å²) in [4.78, 5) is 10.5. The van der Waals surface area contributed by atoms with Crippen LogP contribution in [0.5, 0.6) is 0 Å². The molecule has 0 aliphatic heterocycles. The van der Waals surface area contributed by atoms with E-state index in [1.54, 1.807) is 0 Å². The van der Waals surface area contributed by atoms with Crippen LogP contribution in [-0.4, -0.2) is 40.4 Å². The van der Waals surface area contributed by atoms with E-state index in [0.29, 0.717) is 5.65 Å². The first-order chi connectivity index (χ1) is 12.6. The van der Waals surface area contributed by atoms with Gasteiger partial charge >= 0.3 is 6.18 Å². The Kier molecular flexibility index (Phi) is 4.91. The number of fused-ring (bicyclic) bond motifs is 1. The van der Waals surface area contributed by atoms with Crippen molar-refractivity contribution in [3.63, 3.8) is 0 Å². The zero-order chi connectivity index (χ0) is 19.8. The van der Waals surface area contributed by atoms with Crippen molar-refractivity contribution < 1.29 is 26.0 Å². The Morgan fingerprint density at radius 1 is 1.19 bits per heavy atom. The first-order valence-electron chi connectivity index (χ1n) is 7.78. The number of halogens is 4. The van der Waals surface area contributed by atoms with Crippen LogP contribution in [-0.2, 0) is 10.0 Å². The lowest BCUT2D eigenvalue weighted by Gasteiger charge is -2.31. The molecule has 0 fully saturated rings. The molecule has 2 aromatic heterocycles. The molecule has 144 valence electrons. The third kappa shape index (κ3) is 3.65. The van der Waals surface area contributed by atoms with Gasteiger partial charge in [-0.3, -0.25) is 0 Å². The van der Waals surface area contributed by atoms with Gasteiger partial charge in [0.2, 0.25) is 0 Å². The number of nitrogens with one attached hydrogen (secondary N) is 1. The minimum Gasteiger partial charge on any atom is -0.345 e. The van der Waals surface area contributed by atoms with E-state index in [1.807, 2.05) is 0 Å². The van der Waals surface area contributed by atoms with Crippen molar-refractivity contribution in [2.75, 3.05) is 6.54 Å². The second-order valence-electron chi connectivity index (χ2n) is 5.62. The van der Waals surface area contributed by atoms with Crippen LogP contribution in [0.15, 0.2) is 47.8 Å². The monoisotopic (exact) mass is 402 g/mol. The quantitative estimate of drug-likeness (QED) is 0.664. The topological polar surface area (TPSA) is 79.0 Å². The smallest absolute Gasteiger partial charge is 0.345 e. The molecule has 0 amide bonds. The molecule has 0 bridgehead atoms. The van der Waals surface area contributed by atoms with Gasteiger partial charge in [0.1, 0.15) is 17.4 Å². The maximum absolute atomic E-state index is 13.8. The average Bonchev–Trinajstić information content (AvgIpc) is 3.07. The summed E-state index contributed by atoms with van der Waals surface area (Å²) in [6.07, 6.45) is -2.54. The summed E-state index contributed by atoms with van der Waals surface area (Å²) < 4.78 is 80.4. The molecule has 0 spiro atoms. The summed E-state index contributed by atoms with van der Waals surface area (Å²) in [5, 5.41) is -0.604. The highest BCUT2D eigenvalue weighted by Crippen LogP contribution is 2.40. The van der Waals surface area contributed by atoms with E-state index in [0.717, 1.165) is 30.5 Å². The molecule has 0 aliphatic carbocycles. The minimum atomic E-state index is -4.92. The molecule has 0 radical (unpaired) electrons. The highest BCUT2D eigenvalue weighted by Gasteiger charge is 2.49. The highest BCUT2D eigenvalue weighted by atomic mass is 32.2. The lowest BCUT2D eigenvalue weighted by molar-refractivity contribution is -0.173. The SMILES string of the molecule is CCN([C@H](c1ccc(F)cc1)C(F)(F)F)S(=O)(=O)c1cnc2[nH]ccc2n1. The van der Waals surface area contributed by atoms with Gasteiger partial charge in [-0.05, 0) is 23.8 Å². The molecule has 1 N–H and O–H groups in total. The number of nitrogens with zero attached hydrogens (tertiary/aromatic N) is 3. The normalized spacial score (nSPS) is 14.0. The van der Waals surface area contributed by atoms with Crippen molar-refractivity contribution in [3.8, 4) is 0 Å². The Balaban J connectivity index is 2.11. The number of alkyl halides is 3. The van der Waals surface area contributed by atoms with Crippen LogP contribution in [0.25, 0.3) is 11.2 Å². The van der Waals surface area contributed by atoms with Gasteiger partial charge in [-0.25, -0.2) is 22.8 Å². The molecule has 3 rings (SSSR count). The molecule has 11 heteroatoms. The third-order valence-corrected chi connectivity index (χ3v) is 5.72. The van der Waals surface area contributed by atoms with Crippen molar-refractivity contribution in [2.45, 2.75) is 24.2 Å².